The van der Waals surface area contributed by atoms with Crippen molar-refractivity contribution in [2.75, 3.05) is 43.2 Å². The first-order chi connectivity index (χ1) is 13.1. The van der Waals surface area contributed by atoms with Crippen LogP contribution in [0.15, 0.2) is 18.5 Å². The van der Waals surface area contributed by atoms with E-state index in [-0.39, 0.29) is 12.5 Å². The van der Waals surface area contributed by atoms with Crippen LogP contribution < -0.4 is 15.8 Å². The Bertz CT molecular complexity index is 595. The molecule has 1 aromatic rings. The van der Waals surface area contributed by atoms with Crippen molar-refractivity contribution in [3.8, 4) is 0 Å². The number of ether oxygens (including phenoxy) is 1. The van der Waals surface area contributed by atoms with E-state index in [0.717, 1.165) is 38.0 Å². The second-order valence-electron chi connectivity index (χ2n) is 6.57. The number of rotatable bonds is 11. The van der Waals surface area contributed by atoms with Gasteiger partial charge >= 0.3 is 0 Å². The Morgan fingerprint density at radius 3 is 2.89 bits per heavy atom. The summed E-state index contributed by atoms with van der Waals surface area (Å²) in [5.41, 5.74) is 7.16. The van der Waals surface area contributed by atoms with Crippen molar-refractivity contribution in [2.24, 2.45) is 5.92 Å². The second-order valence-corrected chi connectivity index (χ2v) is 6.57. The number of pyridine rings is 1. The summed E-state index contributed by atoms with van der Waals surface area (Å²) in [6.45, 7) is 5.01. The lowest BCUT2D eigenvalue weighted by Crippen LogP contribution is -2.40. The Labute approximate surface area is 159 Å². The summed E-state index contributed by atoms with van der Waals surface area (Å²) in [6, 6.07) is 1.91. The van der Waals surface area contributed by atoms with Gasteiger partial charge in [0.1, 0.15) is 0 Å². The van der Waals surface area contributed by atoms with E-state index in [9.17, 15) is 14.8 Å². The molecule has 1 aliphatic heterocycles. The normalized spacial score (nSPS) is 15.1. The second kappa shape index (κ2) is 11.3. The van der Waals surface area contributed by atoms with Crippen molar-refractivity contribution in [1.82, 2.24) is 15.5 Å². The molecule has 0 bridgehead atoms. The largest absolute Gasteiger partial charge is 0.378 e. The maximum Gasteiger partial charge on any atom is 0.243 e. The van der Waals surface area contributed by atoms with Crippen LogP contribution >= 0.6 is 0 Å². The Balaban J connectivity index is 1.91. The third-order valence-electron chi connectivity index (χ3n) is 4.49. The molecule has 2 heterocycles. The molecule has 27 heavy (non-hydrogen) atoms. The number of hydrogen-bond donors (Lipinski definition) is 3. The number of unbranched alkanes of at least 4 members (excludes halogenated alkanes) is 2. The highest BCUT2D eigenvalue weighted by atomic mass is 16.5. The van der Waals surface area contributed by atoms with Gasteiger partial charge in [0.25, 0.3) is 0 Å². The van der Waals surface area contributed by atoms with Gasteiger partial charge in [-0.2, -0.15) is 0 Å². The van der Waals surface area contributed by atoms with Gasteiger partial charge in [-0.15, -0.1) is 0 Å². The Morgan fingerprint density at radius 2 is 2.19 bits per heavy atom. The molecule has 9 nitrogen and oxygen atoms in total. The molecule has 0 spiro atoms. The van der Waals surface area contributed by atoms with Gasteiger partial charge in [0.05, 0.1) is 49.4 Å². The summed E-state index contributed by atoms with van der Waals surface area (Å²) in [7, 11) is 0. The minimum Gasteiger partial charge on any atom is -0.378 e. The van der Waals surface area contributed by atoms with E-state index in [1.807, 2.05) is 6.07 Å². The fourth-order valence-electron chi connectivity index (χ4n) is 2.94. The van der Waals surface area contributed by atoms with Crippen LogP contribution in [-0.2, 0) is 14.3 Å². The van der Waals surface area contributed by atoms with Gasteiger partial charge in [0.15, 0.2) is 0 Å². The molecule has 2 rings (SSSR count). The van der Waals surface area contributed by atoms with Gasteiger partial charge in [-0.05, 0) is 12.5 Å². The Hall–Kier alpha value is -2.39. The fourth-order valence-corrected chi connectivity index (χ4v) is 2.94. The van der Waals surface area contributed by atoms with Crippen LogP contribution in [0.1, 0.15) is 32.6 Å². The van der Waals surface area contributed by atoms with Crippen LogP contribution in [0.25, 0.3) is 0 Å². The molecule has 0 radical (unpaired) electrons. The predicted molar refractivity (Wildman–Crippen MR) is 101 cm³/mol. The first-order valence-electron chi connectivity index (χ1n) is 9.38. The number of hydrazine groups is 1. The van der Waals surface area contributed by atoms with Gasteiger partial charge in [0.2, 0.25) is 12.3 Å². The third-order valence-corrected chi connectivity index (χ3v) is 4.49. The van der Waals surface area contributed by atoms with Crippen LogP contribution in [0.3, 0.4) is 0 Å². The number of nitrogens with zero attached hydrogens (tertiary/aromatic N) is 3. The standard InChI is InChI=1S/C18H29N5O4/c1-2-3-4-5-15(13-23(26)14-24)18(25)21-20-16-10-17(12-19-11-16)22-6-8-27-9-7-22/h10-12,14-15,20,26H,2-9,13H2,1H3,(H,21,25)/t15-/m0/s1. The van der Waals surface area contributed by atoms with E-state index in [1.165, 1.54) is 0 Å². The van der Waals surface area contributed by atoms with Crippen LogP contribution in [0.5, 0.6) is 0 Å². The highest BCUT2D eigenvalue weighted by Crippen LogP contribution is 2.18. The number of anilines is 2. The summed E-state index contributed by atoms with van der Waals surface area (Å²) in [5, 5.41) is 9.95. The molecule has 1 fully saturated rings. The van der Waals surface area contributed by atoms with Gasteiger partial charge in [-0.1, -0.05) is 26.2 Å². The molecule has 1 saturated heterocycles. The smallest absolute Gasteiger partial charge is 0.243 e. The van der Waals surface area contributed by atoms with Gasteiger partial charge < -0.3 is 9.64 Å². The molecule has 3 N–H and O–H groups in total. The van der Waals surface area contributed by atoms with Crippen molar-refractivity contribution in [3.05, 3.63) is 18.5 Å². The number of carbonyl (C=O) groups is 2. The van der Waals surface area contributed by atoms with Gasteiger partial charge in [-0.3, -0.25) is 30.6 Å². The molecule has 150 valence electrons. The number of aromatic nitrogens is 1. The van der Waals surface area contributed by atoms with Crippen LogP contribution in [0, 0.1) is 5.92 Å². The Kier molecular flexibility index (Phi) is 8.79. The molecule has 9 heteroatoms. The summed E-state index contributed by atoms with van der Waals surface area (Å²) in [6.07, 6.45) is 7.19. The molecule has 0 unspecified atom stereocenters. The lowest BCUT2D eigenvalue weighted by Gasteiger charge is -2.28. The van der Waals surface area contributed by atoms with Crippen molar-refractivity contribution in [3.63, 3.8) is 0 Å². The van der Waals surface area contributed by atoms with Crippen molar-refractivity contribution < 1.29 is 19.5 Å². The molecular weight excluding hydrogens is 350 g/mol. The number of carbonyl (C=O) groups excluding carboxylic acids is 2. The number of hydroxylamine groups is 2. The molecule has 0 aromatic carbocycles. The minimum absolute atomic E-state index is 0.0349. The average molecular weight is 379 g/mol. The van der Waals surface area contributed by atoms with E-state index < -0.39 is 5.92 Å². The summed E-state index contributed by atoms with van der Waals surface area (Å²) >= 11 is 0. The highest BCUT2D eigenvalue weighted by molar-refractivity contribution is 5.80. The fraction of sp³-hybridized carbons (Fsp3) is 0.611. The van der Waals surface area contributed by atoms with Crippen LogP contribution in [-0.4, -0.2) is 60.4 Å². The molecule has 2 amide bonds. The summed E-state index contributed by atoms with van der Waals surface area (Å²) in [5.74, 6) is -0.765. The first kappa shape index (κ1) is 20.9. The Morgan fingerprint density at radius 1 is 1.41 bits per heavy atom. The van der Waals surface area contributed by atoms with Crippen molar-refractivity contribution in [1.29, 1.82) is 0 Å². The number of morpholine rings is 1. The van der Waals surface area contributed by atoms with E-state index in [2.05, 4.69) is 27.7 Å². The lowest BCUT2D eigenvalue weighted by atomic mass is 10.0. The predicted octanol–water partition coefficient (Wildman–Crippen LogP) is 1.41. The quantitative estimate of drug-likeness (QED) is 0.231. The molecular formula is C18H29N5O4. The SMILES string of the molecule is CCCCC[C@@H](CN(O)C=O)C(=O)NNc1cncc(N2CCOCC2)c1. The zero-order valence-electron chi connectivity index (χ0n) is 15.8. The lowest BCUT2D eigenvalue weighted by molar-refractivity contribution is -0.154. The zero-order valence-corrected chi connectivity index (χ0v) is 15.8. The summed E-state index contributed by atoms with van der Waals surface area (Å²) in [4.78, 5) is 29.5. The maximum atomic E-state index is 12.5. The molecule has 1 aliphatic rings. The van der Waals surface area contributed by atoms with E-state index in [0.29, 0.717) is 36.8 Å². The topological polar surface area (TPSA) is 107 Å². The third kappa shape index (κ3) is 7.03. The van der Waals surface area contributed by atoms with Crippen molar-refractivity contribution >= 4 is 23.7 Å². The number of hydrogen-bond acceptors (Lipinski definition) is 7. The summed E-state index contributed by atoms with van der Waals surface area (Å²) < 4.78 is 5.35. The van der Waals surface area contributed by atoms with E-state index in [1.54, 1.807) is 12.4 Å². The molecule has 0 aliphatic carbocycles. The minimum atomic E-state index is -0.491. The van der Waals surface area contributed by atoms with E-state index in [4.69, 9.17) is 4.74 Å². The van der Waals surface area contributed by atoms with Crippen molar-refractivity contribution in [2.45, 2.75) is 32.6 Å². The molecule has 0 saturated carbocycles. The van der Waals surface area contributed by atoms with Crippen LogP contribution in [0.4, 0.5) is 11.4 Å². The molecule has 1 atom stereocenters. The van der Waals surface area contributed by atoms with Crippen LogP contribution in [0.2, 0.25) is 0 Å². The van der Waals surface area contributed by atoms with E-state index >= 15 is 0 Å². The molecule has 1 aromatic heterocycles. The van der Waals surface area contributed by atoms with Gasteiger partial charge in [0, 0.05) is 13.1 Å². The maximum absolute atomic E-state index is 12.5. The number of amides is 2. The number of nitrogens with one attached hydrogen (secondary N) is 2. The van der Waals surface area contributed by atoms with Gasteiger partial charge in [-0.25, -0.2) is 5.06 Å². The monoisotopic (exact) mass is 379 g/mol. The average Bonchev–Trinajstić information content (AvgIpc) is 2.72. The first-order valence-corrected chi connectivity index (χ1v) is 9.38. The highest BCUT2D eigenvalue weighted by Gasteiger charge is 2.20. The zero-order chi connectivity index (χ0) is 19.5.